The third kappa shape index (κ3) is 3.45. The molecule has 0 aliphatic rings. The number of nitrogens with two attached hydrogens (primary N) is 2. The predicted octanol–water partition coefficient (Wildman–Crippen LogP) is 1.13. The first-order valence-corrected chi connectivity index (χ1v) is 3.38. The van der Waals surface area contributed by atoms with Gasteiger partial charge in [0.05, 0.1) is 0 Å². The van der Waals surface area contributed by atoms with Crippen LogP contribution in [-0.2, 0) is 0 Å². The average Bonchev–Trinajstić information content (AvgIpc) is 1.84. The van der Waals surface area contributed by atoms with E-state index >= 15 is 0 Å². The molecular formula is C8H15N3. The molecule has 0 aromatic carbocycles. The van der Waals surface area contributed by atoms with Gasteiger partial charge in [0.2, 0.25) is 0 Å². The Hall–Kier alpha value is -1.25. The maximum atomic E-state index is 5.57. The van der Waals surface area contributed by atoms with Crippen molar-refractivity contribution in [3.05, 3.63) is 23.5 Å². The molecule has 0 aliphatic carbocycles. The lowest BCUT2D eigenvalue weighted by Gasteiger charge is -2.01. The molecule has 3 heteroatoms. The van der Waals surface area contributed by atoms with E-state index in [4.69, 9.17) is 11.5 Å². The van der Waals surface area contributed by atoms with Gasteiger partial charge >= 0.3 is 0 Å². The summed E-state index contributed by atoms with van der Waals surface area (Å²) in [4.78, 5) is 3.96. The molecule has 0 fully saturated rings. The molecule has 0 aliphatic heterocycles. The van der Waals surface area contributed by atoms with Crippen LogP contribution in [0, 0.1) is 0 Å². The van der Waals surface area contributed by atoms with Crippen LogP contribution in [0.3, 0.4) is 0 Å². The Morgan fingerprint density at radius 1 is 1.18 bits per heavy atom. The van der Waals surface area contributed by atoms with Gasteiger partial charge in [-0.05, 0) is 20.8 Å². The number of allylic oxidation sites excluding steroid dienone is 2. The van der Waals surface area contributed by atoms with E-state index in [1.165, 1.54) is 0 Å². The van der Waals surface area contributed by atoms with Gasteiger partial charge in [0, 0.05) is 17.0 Å². The van der Waals surface area contributed by atoms with Gasteiger partial charge in [-0.2, -0.15) is 0 Å². The van der Waals surface area contributed by atoms with Crippen molar-refractivity contribution in [3.8, 4) is 0 Å². The summed E-state index contributed by atoms with van der Waals surface area (Å²) in [6.45, 7) is 9.01. The van der Waals surface area contributed by atoms with Crippen LogP contribution in [0.4, 0.5) is 0 Å². The quantitative estimate of drug-likeness (QED) is 0.461. The van der Waals surface area contributed by atoms with Crippen LogP contribution in [0.25, 0.3) is 0 Å². The lowest BCUT2D eigenvalue weighted by molar-refractivity contribution is 1.22. The van der Waals surface area contributed by atoms with Gasteiger partial charge in [-0.15, -0.1) is 0 Å². The lowest BCUT2D eigenvalue weighted by Crippen LogP contribution is -2.16. The van der Waals surface area contributed by atoms with Crippen molar-refractivity contribution in [1.29, 1.82) is 0 Å². The number of aliphatic imine (C=N–C) groups is 1. The van der Waals surface area contributed by atoms with Gasteiger partial charge in [-0.25, -0.2) is 4.99 Å². The minimum Gasteiger partial charge on any atom is -0.402 e. The predicted molar refractivity (Wildman–Crippen MR) is 49.0 cm³/mol. The highest BCUT2D eigenvalue weighted by Gasteiger charge is 1.97. The Morgan fingerprint density at radius 2 is 1.64 bits per heavy atom. The van der Waals surface area contributed by atoms with E-state index in [0.29, 0.717) is 17.2 Å². The summed E-state index contributed by atoms with van der Waals surface area (Å²) in [5.41, 5.74) is 13.3. The average molecular weight is 153 g/mol. The highest BCUT2D eigenvalue weighted by atomic mass is 14.9. The van der Waals surface area contributed by atoms with Crippen molar-refractivity contribution in [3.63, 3.8) is 0 Å². The Kier molecular flexibility index (Phi) is 3.37. The second-order valence-electron chi connectivity index (χ2n) is 2.54. The van der Waals surface area contributed by atoms with Crippen LogP contribution in [-0.4, -0.2) is 5.84 Å². The van der Waals surface area contributed by atoms with E-state index in [0.717, 1.165) is 5.57 Å². The molecule has 0 rings (SSSR count). The Morgan fingerprint density at radius 3 is 1.91 bits per heavy atom. The van der Waals surface area contributed by atoms with Crippen molar-refractivity contribution < 1.29 is 0 Å². The monoisotopic (exact) mass is 153 g/mol. The second kappa shape index (κ2) is 3.81. The van der Waals surface area contributed by atoms with Gasteiger partial charge in [0.1, 0.15) is 5.84 Å². The molecular weight excluding hydrogens is 138 g/mol. The Labute approximate surface area is 67.5 Å². The van der Waals surface area contributed by atoms with E-state index in [9.17, 15) is 0 Å². The molecule has 0 aromatic rings. The van der Waals surface area contributed by atoms with Crippen LogP contribution in [0.15, 0.2) is 28.5 Å². The maximum Gasteiger partial charge on any atom is 0.128 e. The van der Waals surface area contributed by atoms with Crippen molar-refractivity contribution in [2.45, 2.75) is 20.8 Å². The first-order valence-electron chi connectivity index (χ1n) is 3.38. The van der Waals surface area contributed by atoms with Crippen LogP contribution in [0.5, 0.6) is 0 Å². The Bertz CT molecular complexity index is 219. The number of amidine groups is 1. The normalized spacial score (nSPS) is 14.3. The topological polar surface area (TPSA) is 64.4 Å². The summed E-state index contributed by atoms with van der Waals surface area (Å²) in [5, 5.41) is 0. The number of rotatable bonds is 2. The second-order valence-corrected chi connectivity index (χ2v) is 2.54. The van der Waals surface area contributed by atoms with Crippen LogP contribution >= 0.6 is 0 Å². The molecule has 0 aromatic heterocycles. The molecule has 0 saturated carbocycles. The zero-order valence-electron chi connectivity index (χ0n) is 7.31. The van der Waals surface area contributed by atoms with Gasteiger partial charge in [0.15, 0.2) is 0 Å². The molecule has 0 bridgehead atoms. The van der Waals surface area contributed by atoms with Crippen LogP contribution in [0.1, 0.15) is 20.8 Å². The van der Waals surface area contributed by atoms with Crippen LogP contribution in [0.2, 0.25) is 0 Å². The third-order valence-corrected chi connectivity index (χ3v) is 1.29. The minimum atomic E-state index is 0.442. The molecule has 0 spiro atoms. The maximum absolute atomic E-state index is 5.57. The summed E-state index contributed by atoms with van der Waals surface area (Å²) in [6, 6.07) is 0. The van der Waals surface area contributed by atoms with E-state index in [1.807, 2.05) is 6.92 Å². The highest BCUT2D eigenvalue weighted by molar-refractivity contribution is 5.97. The van der Waals surface area contributed by atoms with Gasteiger partial charge < -0.3 is 11.5 Å². The van der Waals surface area contributed by atoms with Gasteiger partial charge in [-0.1, -0.05) is 6.58 Å². The minimum absolute atomic E-state index is 0.442. The summed E-state index contributed by atoms with van der Waals surface area (Å²) in [6.07, 6.45) is 0. The lowest BCUT2D eigenvalue weighted by atomic mass is 10.2. The van der Waals surface area contributed by atoms with Crippen molar-refractivity contribution in [2.75, 3.05) is 0 Å². The fourth-order valence-corrected chi connectivity index (χ4v) is 0.491. The van der Waals surface area contributed by atoms with E-state index in [1.54, 1.807) is 13.8 Å². The fraction of sp³-hybridized carbons (Fsp3) is 0.375. The van der Waals surface area contributed by atoms with Crippen molar-refractivity contribution in [2.24, 2.45) is 16.5 Å². The number of nitrogens with zero attached hydrogens (tertiary/aromatic N) is 1. The number of hydrogen-bond donors (Lipinski definition) is 2. The molecule has 0 atom stereocenters. The summed E-state index contributed by atoms with van der Waals surface area (Å²) >= 11 is 0. The first-order chi connectivity index (χ1) is 4.95. The van der Waals surface area contributed by atoms with Crippen molar-refractivity contribution in [1.82, 2.24) is 0 Å². The summed E-state index contributed by atoms with van der Waals surface area (Å²) < 4.78 is 0. The SMILES string of the molecule is C=C(C)N=C(N)C(C)=C(C)N. The molecule has 4 N–H and O–H groups in total. The van der Waals surface area contributed by atoms with Crippen molar-refractivity contribution >= 4 is 5.84 Å². The van der Waals surface area contributed by atoms with Gasteiger partial charge in [0.25, 0.3) is 0 Å². The van der Waals surface area contributed by atoms with Gasteiger partial charge in [-0.3, -0.25) is 0 Å². The molecule has 62 valence electrons. The zero-order valence-corrected chi connectivity index (χ0v) is 7.31. The fourth-order valence-electron chi connectivity index (χ4n) is 0.491. The molecule has 0 radical (unpaired) electrons. The zero-order chi connectivity index (χ0) is 9.02. The third-order valence-electron chi connectivity index (χ3n) is 1.29. The molecule has 11 heavy (non-hydrogen) atoms. The molecule has 0 unspecified atom stereocenters. The van der Waals surface area contributed by atoms with E-state index < -0.39 is 0 Å². The first kappa shape index (κ1) is 9.75. The number of hydrogen-bond acceptors (Lipinski definition) is 2. The van der Waals surface area contributed by atoms with Crippen LogP contribution < -0.4 is 11.5 Å². The summed E-state index contributed by atoms with van der Waals surface area (Å²) in [5.74, 6) is 0.442. The molecule has 0 saturated heterocycles. The standard InChI is InChI=1S/C8H15N3/c1-5(2)11-8(10)6(3)7(4)9/h1,9H2,2-4H3,(H2,10,11). The smallest absolute Gasteiger partial charge is 0.128 e. The summed E-state index contributed by atoms with van der Waals surface area (Å²) in [7, 11) is 0. The van der Waals surface area contributed by atoms with E-state index in [-0.39, 0.29) is 0 Å². The largest absolute Gasteiger partial charge is 0.402 e. The highest BCUT2D eigenvalue weighted by Crippen LogP contribution is 1.99. The van der Waals surface area contributed by atoms with E-state index in [2.05, 4.69) is 11.6 Å². The molecule has 0 heterocycles. The Balaban J connectivity index is 4.63. The molecule has 3 nitrogen and oxygen atoms in total. The molecule has 0 amide bonds.